The average Bonchev–Trinajstić information content (AvgIpc) is 3.68. The van der Waals surface area contributed by atoms with E-state index in [2.05, 4.69) is 10.5 Å². The van der Waals surface area contributed by atoms with Crippen LogP contribution in [0.4, 0.5) is 4.39 Å². The third-order valence-corrected chi connectivity index (χ3v) is 8.14. The van der Waals surface area contributed by atoms with Crippen LogP contribution in [0.1, 0.15) is 37.8 Å². The number of phenolic OH excluding ortho intramolecular Hbond substituents is 1. The number of aliphatic hydroxyl groups is 3. The first-order chi connectivity index (χ1) is 21.0. The SMILES string of the molecule is C/C(=C\c1ccc(O[C@H]2CC[C@@H](/C(C)=N/OCc3cc(F)ccc3Cl)O2)c(O)c1)C(=O)N[C@@H]1[C@H](O)[C@@H](O)[C@H]2OCO[C@H]2[C@@H]1O. The second-order valence-corrected chi connectivity index (χ2v) is 11.3. The molecule has 1 aliphatic carbocycles. The van der Waals surface area contributed by atoms with E-state index in [1.807, 2.05) is 0 Å². The number of hydrogen-bond donors (Lipinski definition) is 5. The third-order valence-electron chi connectivity index (χ3n) is 7.77. The number of fused-ring (bicyclic) bond motifs is 1. The topological polar surface area (TPSA) is 169 Å². The van der Waals surface area contributed by atoms with Crippen LogP contribution in [0.15, 0.2) is 47.1 Å². The molecule has 1 amide bonds. The normalized spacial score (nSPS) is 30.6. The number of halogens is 2. The third kappa shape index (κ3) is 7.15. The largest absolute Gasteiger partial charge is 0.504 e. The van der Waals surface area contributed by atoms with E-state index in [4.69, 9.17) is 35.4 Å². The Morgan fingerprint density at radius 1 is 1.09 bits per heavy atom. The van der Waals surface area contributed by atoms with Crippen molar-refractivity contribution in [2.45, 2.75) is 82.3 Å². The van der Waals surface area contributed by atoms with Crippen molar-refractivity contribution in [1.82, 2.24) is 5.32 Å². The lowest BCUT2D eigenvalue weighted by molar-refractivity contribution is -0.155. The van der Waals surface area contributed by atoms with Crippen molar-refractivity contribution in [2.75, 3.05) is 6.79 Å². The molecule has 2 aromatic rings. The molecule has 14 heteroatoms. The van der Waals surface area contributed by atoms with E-state index in [1.54, 1.807) is 19.1 Å². The van der Waals surface area contributed by atoms with Crippen molar-refractivity contribution in [3.05, 3.63) is 63.9 Å². The molecular weight excluding hydrogens is 603 g/mol. The number of amides is 1. The lowest BCUT2D eigenvalue weighted by atomic mass is 9.83. The Labute approximate surface area is 257 Å². The molecule has 0 bridgehead atoms. The Balaban J connectivity index is 1.13. The summed E-state index contributed by atoms with van der Waals surface area (Å²) in [6.07, 6.45) is -4.28. The summed E-state index contributed by atoms with van der Waals surface area (Å²) in [6, 6.07) is 7.40. The maximum atomic E-state index is 13.4. The average molecular weight is 637 g/mol. The van der Waals surface area contributed by atoms with E-state index < -0.39 is 54.6 Å². The summed E-state index contributed by atoms with van der Waals surface area (Å²) in [5.41, 5.74) is 1.74. The molecule has 0 aromatic heterocycles. The predicted molar refractivity (Wildman–Crippen MR) is 154 cm³/mol. The highest BCUT2D eigenvalue weighted by Gasteiger charge is 2.53. The number of carbonyl (C=O) groups is 1. The molecule has 2 aromatic carbocycles. The summed E-state index contributed by atoms with van der Waals surface area (Å²) in [7, 11) is 0. The van der Waals surface area contributed by atoms with Crippen molar-refractivity contribution in [3.8, 4) is 11.5 Å². The molecule has 5 rings (SSSR count). The summed E-state index contributed by atoms with van der Waals surface area (Å²) in [6.45, 7) is 3.13. The van der Waals surface area contributed by atoms with Gasteiger partial charge >= 0.3 is 0 Å². The number of phenols is 1. The van der Waals surface area contributed by atoms with Gasteiger partial charge in [-0.1, -0.05) is 22.8 Å². The van der Waals surface area contributed by atoms with Gasteiger partial charge in [0.25, 0.3) is 0 Å². The number of hydrogen-bond acceptors (Lipinski definition) is 11. The molecule has 2 saturated heterocycles. The van der Waals surface area contributed by atoms with Crippen LogP contribution < -0.4 is 10.1 Å². The fourth-order valence-electron chi connectivity index (χ4n) is 5.32. The van der Waals surface area contributed by atoms with E-state index in [0.29, 0.717) is 34.7 Å². The number of carbonyl (C=O) groups excluding carboxylic acids is 1. The molecule has 3 aliphatic rings. The minimum absolute atomic E-state index is 0.00469. The van der Waals surface area contributed by atoms with Gasteiger partial charge in [0.15, 0.2) is 11.5 Å². The number of benzene rings is 2. The number of ether oxygens (including phenoxy) is 4. The maximum Gasteiger partial charge on any atom is 0.247 e. The van der Waals surface area contributed by atoms with Gasteiger partial charge in [0.1, 0.15) is 55.8 Å². The lowest BCUT2D eigenvalue weighted by Gasteiger charge is -2.41. The molecule has 44 heavy (non-hydrogen) atoms. The number of oxime groups is 1. The molecule has 0 radical (unpaired) electrons. The monoisotopic (exact) mass is 636 g/mol. The Bertz CT molecular complexity index is 1420. The van der Waals surface area contributed by atoms with Crippen LogP contribution in [-0.2, 0) is 30.4 Å². The number of aliphatic hydroxyl groups excluding tert-OH is 3. The van der Waals surface area contributed by atoms with Gasteiger partial charge in [-0.2, -0.15) is 0 Å². The predicted octanol–water partition coefficient (Wildman–Crippen LogP) is 2.39. The van der Waals surface area contributed by atoms with Crippen LogP contribution in [0.5, 0.6) is 11.5 Å². The Kier molecular flexibility index (Phi) is 10.1. The summed E-state index contributed by atoms with van der Waals surface area (Å²) in [4.78, 5) is 18.2. The molecule has 2 aliphatic heterocycles. The zero-order valence-electron chi connectivity index (χ0n) is 23.9. The summed E-state index contributed by atoms with van der Waals surface area (Å²) in [5.74, 6) is -1.02. The minimum atomic E-state index is -1.47. The minimum Gasteiger partial charge on any atom is -0.504 e. The van der Waals surface area contributed by atoms with Crippen LogP contribution in [0, 0.1) is 5.82 Å². The number of aromatic hydroxyl groups is 1. The molecule has 0 spiro atoms. The molecule has 2 heterocycles. The van der Waals surface area contributed by atoms with Gasteiger partial charge in [-0.15, -0.1) is 0 Å². The first-order valence-corrected chi connectivity index (χ1v) is 14.4. The van der Waals surface area contributed by atoms with Gasteiger partial charge in [0, 0.05) is 22.6 Å². The maximum absolute atomic E-state index is 13.4. The van der Waals surface area contributed by atoms with Crippen LogP contribution >= 0.6 is 11.6 Å². The van der Waals surface area contributed by atoms with Crippen LogP contribution in [0.3, 0.4) is 0 Å². The fourth-order valence-corrected chi connectivity index (χ4v) is 5.49. The number of rotatable bonds is 9. The van der Waals surface area contributed by atoms with Crippen molar-refractivity contribution in [3.63, 3.8) is 0 Å². The second-order valence-electron chi connectivity index (χ2n) is 10.9. The molecule has 3 fully saturated rings. The van der Waals surface area contributed by atoms with E-state index >= 15 is 0 Å². The molecule has 5 N–H and O–H groups in total. The molecule has 238 valence electrons. The zero-order chi connectivity index (χ0) is 31.5. The summed E-state index contributed by atoms with van der Waals surface area (Å²) in [5, 5.41) is 48.9. The fraction of sp³-hybridized carbons (Fsp3) is 0.467. The quantitative estimate of drug-likeness (QED) is 0.157. The zero-order valence-corrected chi connectivity index (χ0v) is 24.7. The lowest BCUT2D eigenvalue weighted by Crippen LogP contribution is -2.67. The first-order valence-electron chi connectivity index (χ1n) is 14.0. The van der Waals surface area contributed by atoms with Crippen molar-refractivity contribution >= 4 is 29.3 Å². The van der Waals surface area contributed by atoms with E-state index in [9.17, 15) is 29.6 Å². The molecule has 1 saturated carbocycles. The second kappa shape index (κ2) is 13.8. The van der Waals surface area contributed by atoms with Crippen LogP contribution in [0.2, 0.25) is 5.02 Å². The van der Waals surface area contributed by atoms with Gasteiger partial charge in [0.05, 0.1) is 11.8 Å². The highest BCUT2D eigenvalue weighted by Crippen LogP contribution is 2.33. The van der Waals surface area contributed by atoms with Crippen LogP contribution in [-0.4, -0.2) is 87.8 Å². The number of nitrogens with one attached hydrogen (secondary N) is 1. The van der Waals surface area contributed by atoms with Crippen molar-refractivity contribution in [2.24, 2.45) is 5.16 Å². The van der Waals surface area contributed by atoms with Gasteiger partial charge < -0.3 is 49.5 Å². The van der Waals surface area contributed by atoms with Gasteiger partial charge in [-0.25, -0.2) is 4.39 Å². The first kappa shape index (κ1) is 32.1. The standard InChI is InChI=1S/C30H34ClFN2O10/c1-14(30(39)33-24-25(36)27(38)29-28(26(24)37)40-13-41-29)9-16-3-6-22(20(35)10-16)44-23-8-7-21(43-23)15(2)34-42-12-17-11-18(32)4-5-19(17)31/h3-6,9-11,21,23-29,35-38H,7-8,12-13H2,1-2H3,(H,33,39)/b14-9+,34-15+/t21-,23-,24+,25-,26+,27+,28-,29+/m0/s1. The Hall–Kier alpha value is -3.30. The number of nitrogens with zero attached hydrogens (tertiary/aromatic N) is 1. The highest BCUT2D eigenvalue weighted by molar-refractivity contribution is 6.31. The molecule has 12 nitrogen and oxygen atoms in total. The van der Waals surface area contributed by atoms with Gasteiger partial charge in [-0.3, -0.25) is 4.79 Å². The van der Waals surface area contributed by atoms with E-state index in [-0.39, 0.29) is 36.6 Å². The smallest absolute Gasteiger partial charge is 0.247 e. The summed E-state index contributed by atoms with van der Waals surface area (Å²) < 4.78 is 35.7. The van der Waals surface area contributed by atoms with E-state index in [1.165, 1.54) is 37.3 Å². The molecule has 0 unspecified atom stereocenters. The van der Waals surface area contributed by atoms with Crippen LogP contribution in [0.25, 0.3) is 6.08 Å². The van der Waals surface area contributed by atoms with Gasteiger partial charge in [0.2, 0.25) is 12.2 Å². The Morgan fingerprint density at radius 2 is 1.84 bits per heavy atom. The van der Waals surface area contributed by atoms with Crippen molar-refractivity contribution < 1.29 is 53.4 Å². The summed E-state index contributed by atoms with van der Waals surface area (Å²) >= 11 is 6.05. The van der Waals surface area contributed by atoms with Gasteiger partial charge in [-0.05, 0) is 62.2 Å². The highest BCUT2D eigenvalue weighted by atomic mass is 35.5. The Morgan fingerprint density at radius 3 is 2.59 bits per heavy atom. The van der Waals surface area contributed by atoms with E-state index in [0.717, 1.165) is 0 Å². The molecule has 8 atom stereocenters. The van der Waals surface area contributed by atoms with Crippen molar-refractivity contribution in [1.29, 1.82) is 0 Å². The molecular formula is C30H34ClFN2O10.